The number of nitrogens with one attached hydrogen (secondary N) is 1. The maximum Gasteiger partial charge on any atom is 0.329 e. The van der Waals surface area contributed by atoms with E-state index in [1.807, 2.05) is 31.2 Å². The minimum atomic E-state index is -1.00. The number of hydrogen-bond acceptors (Lipinski definition) is 8. The van der Waals surface area contributed by atoms with Gasteiger partial charge in [0.15, 0.2) is 5.82 Å². The van der Waals surface area contributed by atoms with Gasteiger partial charge in [-0.05, 0) is 43.7 Å². The molecular weight excluding hydrogens is 436 g/mol. The summed E-state index contributed by atoms with van der Waals surface area (Å²) in [6.07, 6.45) is 1.60. The Morgan fingerprint density at radius 2 is 2.15 bits per heavy atom. The van der Waals surface area contributed by atoms with Crippen molar-refractivity contribution < 1.29 is 19.7 Å². The summed E-state index contributed by atoms with van der Waals surface area (Å²) in [5.41, 5.74) is 3.55. The molecule has 0 saturated carbocycles. The van der Waals surface area contributed by atoms with Crippen molar-refractivity contribution in [2.75, 3.05) is 41.4 Å². The molecule has 1 fully saturated rings. The lowest BCUT2D eigenvalue weighted by molar-refractivity contribution is 0.0521. The van der Waals surface area contributed by atoms with E-state index in [-0.39, 0.29) is 24.6 Å². The highest BCUT2D eigenvalue weighted by atomic mass is 16.5. The molecule has 2 bridgehead atoms. The van der Waals surface area contributed by atoms with Crippen LogP contribution >= 0.6 is 0 Å². The molecule has 5 heterocycles. The summed E-state index contributed by atoms with van der Waals surface area (Å²) in [5.74, 6) is 1.19. The van der Waals surface area contributed by atoms with Gasteiger partial charge in [-0.3, -0.25) is 15.2 Å². The van der Waals surface area contributed by atoms with Crippen LogP contribution in [0.3, 0.4) is 0 Å². The fraction of sp³-hybridized carbons (Fsp3) is 0.333. The molecule has 2 amide bonds. The summed E-state index contributed by atoms with van der Waals surface area (Å²) in [6.45, 7) is 3.05. The van der Waals surface area contributed by atoms with E-state index in [1.165, 1.54) is 0 Å². The van der Waals surface area contributed by atoms with Crippen LogP contribution in [-0.2, 0) is 0 Å². The Hall–Kier alpha value is -3.76. The molecule has 0 aromatic carbocycles. The van der Waals surface area contributed by atoms with E-state index in [2.05, 4.69) is 20.2 Å². The quantitative estimate of drug-likeness (QED) is 0.509. The van der Waals surface area contributed by atoms with Crippen LogP contribution in [0.25, 0.3) is 11.3 Å². The Kier molecular flexibility index (Phi) is 5.99. The average Bonchev–Trinajstić information content (AvgIpc) is 3.26. The monoisotopic (exact) mass is 462 g/mol. The molecule has 2 aliphatic heterocycles. The second-order valence-electron chi connectivity index (χ2n) is 8.42. The summed E-state index contributed by atoms with van der Waals surface area (Å²) < 4.78 is 5.40. The number of carbonyl (C=O) groups is 1. The standard InChI is InChI=1S/C24H26N6O4/c1-15-11-16(7-9-25-15)19-5-6-20-23(26-19)30(17-8-10-29(20)12-17)24(33)28-21-3-2-4-22(27-21)34-14-18(32)13-31/h2-7,9,11,17-18,31-32H,8,10,12-14H2,1H3,(H,27,28,33)/t17-,18?/m0/s1. The number of carbonyl (C=O) groups excluding carboxylic acids is 1. The first-order chi connectivity index (χ1) is 16.5. The molecule has 34 heavy (non-hydrogen) atoms. The second kappa shape index (κ2) is 9.24. The van der Waals surface area contributed by atoms with Gasteiger partial charge >= 0.3 is 6.03 Å². The van der Waals surface area contributed by atoms with Crippen molar-refractivity contribution >= 4 is 23.4 Å². The molecule has 0 aliphatic carbocycles. The van der Waals surface area contributed by atoms with Crippen molar-refractivity contribution in [1.82, 2.24) is 15.0 Å². The highest BCUT2D eigenvalue weighted by molar-refractivity contribution is 6.04. The summed E-state index contributed by atoms with van der Waals surface area (Å²) >= 11 is 0. The predicted molar refractivity (Wildman–Crippen MR) is 127 cm³/mol. The van der Waals surface area contributed by atoms with Crippen LogP contribution < -0.4 is 19.9 Å². The fourth-order valence-electron chi connectivity index (χ4n) is 4.31. The van der Waals surface area contributed by atoms with E-state index in [1.54, 1.807) is 29.3 Å². The molecule has 3 aromatic heterocycles. The summed E-state index contributed by atoms with van der Waals surface area (Å²) in [7, 11) is 0. The largest absolute Gasteiger partial charge is 0.475 e. The highest BCUT2D eigenvalue weighted by Gasteiger charge is 2.40. The van der Waals surface area contributed by atoms with E-state index < -0.39 is 12.7 Å². The number of ether oxygens (including phenoxy) is 1. The van der Waals surface area contributed by atoms with Crippen LogP contribution in [0.15, 0.2) is 48.7 Å². The molecule has 0 radical (unpaired) electrons. The molecule has 0 spiro atoms. The number of pyridine rings is 3. The van der Waals surface area contributed by atoms with Gasteiger partial charge in [0.1, 0.15) is 18.5 Å². The molecule has 10 heteroatoms. The van der Waals surface area contributed by atoms with Crippen molar-refractivity contribution in [2.24, 2.45) is 0 Å². The SMILES string of the molecule is Cc1cc(-c2ccc3c(n2)N(C(=O)Nc2cccc(OCC(O)CO)n2)[C@H]2CCN3C2)ccn1. The zero-order valence-electron chi connectivity index (χ0n) is 18.8. The zero-order chi connectivity index (χ0) is 23.7. The van der Waals surface area contributed by atoms with Crippen molar-refractivity contribution in [3.8, 4) is 17.1 Å². The molecule has 1 unspecified atom stereocenters. The third kappa shape index (κ3) is 4.37. The van der Waals surface area contributed by atoms with Gasteiger partial charge in [-0.1, -0.05) is 6.07 Å². The van der Waals surface area contributed by atoms with Crippen LogP contribution in [0.2, 0.25) is 0 Å². The van der Waals surface area contributed by atoms with Gasteiger partial charge in [0.2, 0.25) is 5.88 Å². The lowest BCUT2D eigenvalue weighted by Gasteiger charge is -2.35. The lowest BCUT2D eigenvalue weighted by atomic mass is 10.1. The Balaban J connectivity index is 1.41. The summed E-state index contributed by atoms with van der Waals surface area (Å²) in [6, 6.07) is 12.6. The van der Waals surface area contributed by atoms with E-state index >= 15 is 0 Å². The number of hydrogen-bond donors (Lipinski definition) is 3. The van der Waals surface area contributed by atoms with Crippen molar-refractivity contribution in [3.05, 3.63) is 54.4 Å². The first-order valence-corrected chi connectivity index (χ1v) is 11.2. The average molecular weight is 463 g/mol. The number of amides is 2. The molecule has 1 saturated heterocycles. The molecule has 176 valence electrons. The molecule has 3 aromatic rings. The Morgan fingerprint density at radius 1 is 1.26 bits per heavy atom. The molecule has 10 nitrogen and oxygen atoms in total. The smallest absolute Gasteiger partial charge is 0.329 e. The molecular formula is C24H26N6O4. The predicted octanol–water partition coefficient (Wildman–Crippen LogP) is 2.21. The topological polar surface area (TPSA) is 124 Å². The van der Waals surface area contributed by atoms with Crippen LogP contribution in [0, 0.1) is 6.92 Å². The van der Waals surface area contributed by atoms with Gasteiger partial charge in [-0.25, -0.2) is 9.78 Å². The van der Waals surface area contributed by atoms with Gasteiger partial charge < -0.3 is 19.8 Å². The van der Waals surface area contributed by atoms with Crippen LogP contribution in [0.5, 0.6) is 5.88 Å². The Morgan fingerprint density at radius 3 is 2.97 bits per heavy atom. The number of rotatable bonds is 6. The number of aromatic nitrogens is 3. The van der Waals surface area contributed by atoms with Gasteiger partial charge in [0.05, 0.1) is 24.0 Å². The second-order valence-corrected chi connectivity index (χ2v) is 8.42. The van der Waals surface area contributed by atoms with Crippen molar-refractivity contribution in [2.45, 2.75) is 25.5 Å². The molecule has 5 rings (SSSR count). The number of fused-ring (bicyclic) bond motifs is 4. The van der Waals surface area contributed by atoms with Crippen molar-refractivity contribution in [3.63, 3.8) is 0 Å². The summed E-state index contributed by atoms with van der Waals surface area (Å²) in [4.78, 5) is 30.9. The molecule has 2 atom stereocenters. The first-order valence-electron chi connectivity index (χ1n) is 11.2. The van der Waals surface area contributed by atoms with Gasteiger partial charge in [0.25, 0.3) is 0 Å². The van der Waals surface area contributed by atoms with E-state index in [4.69, 9.17) is 14.8 Å². The normalized spacial score (nSPS) is 17.3. The highest BCUT2D eigenvalue weighted by Crippen LogP contribution is 2.40. The number of anilines is 3. The first kappa shape index (κ1) is 22.1. The third-order valence-corrected chi connectivity index (χ3v) is 5.96. The Labute approximate surface area is 196 Å². The van der Waals surface area contributed by atoms with Gasteiger partial charge in [0, 0.05) is 36.6 Å². The van der Waals surface area contributed by atoms with Crippen LogP contribution in [0.4, 0.5) is 22.1 Å². The zero-order valence-corrected chi connectivity index (χ0v) is 18.8. The summed E-state index contributed by atoms with van der Waals surface area (Å²) in [5, 5.41) is 21.3. The third-order valence-electron chi connectivity index (χ3n) is 5.96. The fourth-order valence-corrected chi connectivity index (χ4v) is 4.31. The molecule has 2 aliphatic rings. The van der Waals surface area contributed by atoms with Crippen LogP contribution in [0.1, 0.15) is 12.1 Å². The van der Waals surface area contributed by atoms with Crippen molar-refractivity contribution in [1.29, 1.82) is 0 Å². The van der Waals surface area contributed by atoms with E-state index in [0.29, 0.717) is 11.6 Å². The lowest BCUT2D eigenvalue weighted by Crippen LogP contribution is -2.48. The van der Waals surface area contributed by atoms with Crippen LogP contribution in [-0.4, -0.2) is 69.6 Å². The number of aryl methyl sites for hydroxylation is 1. The maximum absolute atomic E-state index is 13.4. The minimum Gasteiger partial charge on any atom is -0.475 e. The van der Waals surface area contributed by atoms with E-state index in [0.717, 1.165) is 42.1 Å². The number of nitrogens with zero attached hydrogens (tertiary/aromatic N) is 5. The maximum atomic E-state index is 13.4. The number of urea groups is 1. The van der Waals surface area contributed by atoms with E-state index in [9.17, 15) is 9.90 Å². The number of aliphatic hydroxyl groups is 2. The van der Waals surface area contributed by atoms with Gasteiger partial charge in [-0.15, -0.1) is 0 Å². The molecule has 3 N–H and O–H groups in total. The Bertz CT molecular complexity index is 1210. The minimum absolute atomic E-state index is 0.00793. The number of aliphatic hydroxyl groups excluding tert-OH is 2. The van der Waals surface area contributed by atoms with Gasteiger partial charge in [-0.2, -0.15) is 4.98 Å².